The molecule has 0 aliphatic heterocycles. The summed E-state index contributed by atoms with van der Waals surface area (Å²) in [4.78, 5) is 11.3. The van der Waals surface area contributed by atoms with Crippen molar-refractivity contribution in [2.45, 2.75) is 68.0 Å². The quantitative estimate of drug-likeness (QED) is 0.354. The van der Waals surface area contributed by atoms with Crippen LogP contribution in [0.1, 0.15) is 64.2 Å². The standard InChI is InChI=1S/C15H29Cl3N2O2/c16-15(17,18)13-22-14(21)20-12-10-8-6-4-2-1-3-5-7-9-11-19/h1-13,19H2,(H,20,21). The number of carbonyl (C=O) groups excluding carboxylic acids is 1. The predicted octanol–water partition coefficient (Wildman–Crippen LogP) is 4.94. The van der Waals surface area contributed by atoms with Crippen LogP contribution in [0.2, 0.25) is 0 Å². The van der Waals surface area contributed by atoms with E-state index in [-0.39, 0.29) is 6.61 Å². The average Bonchev–Trinajstić information content (AvgIpc) is 2.45. The number of hydrogen-bond donors (Lipinski definition) is 2. The van der Waals surface area contributed by atoms with Crippen molar-refractivity contribution in [2.75, 3.05) is 19.7 Å². The topological polar surface area (TPSA) is 64.3 Å². The summed E-state index contributed by atoms with van der Waals surface area (Å²) in [5.41, 5.74) is 5.45. The molecule has 0 aromatic carbocycles. The smallest absolute Gasteiger partial charge is 0.407 e. The molecule has 0 spiro atoms. The molecule has 132 valence electrons. The first-order valence-corrected chi connectivity index (χ1v) is 9.26. The van der Waals surface area contributed by atoms with Crippen molar-refractivity contribution < 1.29 is 9.53 Å². The maximum atomic E-state index is 11.3. The number of unbranched alkanes of at least 4 members (excludes halogenated alkanes) is 9. The maximum absolute atomic E-state index is 11.3. The molecule has 22 heavy (non-hydrogen) atoms. The van der Waals surface area contributed by atoms with Crippen LogP contribution in [0.15, 0.2) is 0 Å². The molecule has 0 aliphatic rings. The molecule has 0 saturated carbocycles. The largest absolute Gasteiger partial charge is 0.445 e. The van der Waals surface area contributed by atoms with E-state index >= 15 is 0 Å². The Bertz CT molecular complexity index is 274. The number of nitrogens with two attached hydrogens (primary N) is 1. The molecule has 0 atom stereocenters. The van der Waals surface area contributed by atoms with Crippen LogP contribution in [0.4, 0.5) is 4.79 Å². The van der Waals surface area contributed by atoms with Crippen molar-refractivity contribution in [1.82, 2.24) is 5.32 Å². The van der Waals surface area contributed by atoms with Gasteiger partial charge in [0, 0.05) is 6.54 Å². The van der Waals surface area contributed by atoms with Gasteiger partial charge in [0.1, 0.15) is 6.61 Å². The fourth-order valence-electron chi connectivity index (χ4n) is 2.07. The van der Waals surface area contributed by atoms with E-state index in [0.717, 1.165) is 25.8 Å². The number of halogens is 3. The fraction of sp³-hybridized carbons (Fsp3) is 0.933. The Morgan fingerprint density at radius 3 is 1.77 bits per heavy atom. The molecule has 4 nitrogen and oxygen atoms in total. The molecule has 3 N–H and O–H groups in total. The Morgan fingerprint density at radius 1 is 0.864 bits per heavy atom. The van der Waals surface area contributed by atoms with Gasteiger partial charge in [0.05, 0.1) is 0 Å². The third kappa shape index (κ3) is 18.1. The third-order valence-electron chi connectivity index (χ3n) is 3.27. The fourth-order valence-corrected chi connectivity index (χ4v) is 2.24. The average molecular weight is 376 g/mol. The van der Waals surface area contributed by atoms with Gasteiger partial charge >= 0.3 is 6.09 Å². The highest BCUT2D eigenvalue weighted by Gasteiger charge is 2.21. The zero-order valence-electron chi connectivity index (χ0n) is 13.2. The van der Waals surface area contributed by atoms with E-state index in [1.54, 1.807) is 0 Å². The lowest BCUT2D eigenvalue weighted by Gasteiger charge is -2.11. The van der Waals surface area contributed by atoms with Crippen LogP contribution in [0.3, 0.4) is 0 Å². The molecule has 1 amide bonds. The van der Waals surface area contributed by atoms with E-state index < -0.39 is 9.89 Å². The minimum Gasteiger partial charge on any atom is -0.445 e. The highest BCUT2D eigenvalue weighted by Crippen LogP contribution is 2.25. The van der Waals surface area contributed by atoms with Gasteiger partial charge in [-0.2, -0.15) is 0 Å². The zero-order chi connectivity index (χ0) is 16.7. The highest BCUT2D eigenvalue weighted by molar-refractivity contribution is 6.67. The summed E-state index contributed by atoms with van der Waals surface area (Å²) in [6, 6.07) is 0. The molecule has 0 aromatic heterocycles. The van der Waals surface area contributed by atoms with Crippen LogP contribution >= 0.6 is 34.8 Å². The van der Waals surface area contributed by atoms with Crippen LogP contribution in [0.5, 0.6) is 0 Å². The molecular formula is C15H29Cl3N2O2. The lowest BCUT2D eigenvalue weighted by atomic mass is 10.1. The zero-order valence-corrected chi connectivity index (χ0v) is 15.5. The van der Waals surface area contributed by atoms with Crippen molar-refractivity contribution in [3.05, 3.63) is 0 Å². The molecule has 0 heterocycles. The van der Waals surface area contributed by atoms with Gasteiger partial charge in [-0.25, -0.2) is 4.79 Å². The van der Waals surface area contributed by atoms with E-state index in [4.69, 9.17) is 45.3 Å². The maximum Gasteiger partial charge on any atom is 0.407 e. The summed E-state index contributed by atoms with van der Waals surface area (Å²) in [5, 5.41) is 2.64. The van der Waals surface area contributed by atoms with E-state index in [1.807, 2.05) is 0 Å². The molecule has 0 radical (unpaired) electrons. The Morgan fingerprint density at radius 2 is 1.32 bits per heavy atom. The second-order valence-corrected chi connectivity index (χ2v) is 7.96. The van der Waals surface area contributed by atoms with Gasteiger partial charge in [-0.1, -0.05) is 86.2 Å². The van der Waals surface area contributed by atoms with Gasteiger partial charge in [-0.3, -0.25) is 0 Å². The number of rotatable bonds is 13. The van der Waals surface area contributed by atoms with Gasteiger partial charge in [-0.15, -0.1) is 0 Å². The minimum absolute atomic E-state index is 0.241. The van der Waals surface area contributed by atoms with Crippen molar-refractivity contribution >= 4 is 40.9 Å². The monoisotopic (exact) mass is 374 g/mol. The SMILES string of the molecule is NCCCCCCCCCCCCNC(=O)OCC(Cl)(Cl)Cl. The van der Waals surface area contributed by atoms with Gasteiger partial charge in [0.25, 0.3) is 0 Å². The highest BCUT2D eigenvalue weighted by atomic mass is 35.6. The number of alkyl halides is 3. The summed E-state index contributed by atoms with van der Waals surface area (Å²) in [6.45, 7) is 1.17. The van der Waals surface area contributed by atoms with Crippen molar-refractivity contribution in [3.8, 4) is 0 Å². The second-order valence-electron chi connectivity index (χ2n) is 5.44. The van der Waals surface area contributed by atoms with Gasteiger partial charge in [0.2, 0.25) is 3.79 Å². The van der Waals surface area contributed by atoms with Crippen LogP contribution in [-0.2, 0) is 4.74 Å². The molecule has 0 saturated heterocycles. The van der Waals surface area contributed by atoms with Crippen LogP contribution < -0.4 is 11.1 Å². The number of alkyl carbamates (subject to hydrolysis) is 1. The molecule has 0 aromatic rings. The Hall–Kier alpha value is 0.1000. The van der Waals surface area contributed by atoms with E-state index in [2.05, 4.69) is 5.32 Å². The number of ether oxygens (including phenoxy) is 1. The number of amides is 1. The summed E-state index contributed by atoms with van der Waals surface area (Å²) in [5.74, 6) is 0. The summed E-state index contributed by atoms with van der Waals surface area (Å²) < 4.78 is 3.20. The summed E-state index contributed by atoms with van der Waals surface area (Å²) in [6.07, 6.45) is 11.6. The van der Waals surface area contributed by atoms with E-state index in [9.17, 15) is 4.79 Å². The molecule has 0 fully saturated rings. The van der Waals surface area contributed by atoms with Crippen LogP contribution in [0.25, 0.3) is 0 Å². The van der Waals surface area contributed by atoms with E-state index in [1.165, 1.54) is 44.9 Å². The number of nitrogens with one attached hydrogen (secondary N) is 1. The lowest BCUT2D eigenvalue weighted by Crippen LogP contribution is -2.28. The van der Waals surface area contributed by atoms with Crippen LogP contribution in [0, 0.1) is 0 Å². The lowest BCUT2D eigenvalue weighted by molar-refractivity contribution is 0.148. The Labute approximate surface area is 149 Å². The van der Waals surface area contributed by atoms with Crippen molar-refractivity contribution in [3.63, 3.8) is 0 Å². The second kappa shape index (κ2) is 14.7. The molecule has 0 bridgehead atoms. The molecular weight excluding hydrogens is 347 g/mol. The van der Waals surface area contributed by atoms with Gasteiger partial charge in [0.15, 0.2) is 0 Å². The number of hydrogen-bond acceptors (Lipinski definition) is 3. The van der Waals surface area contributed by atoms with Gasteiger partial charge < -0.3 is 15.8 Å². The summed E-state index contributed by atoms with van der Waals surface area (Å²) in [7, 11) is 0. The first-order valence-electron chi connectivity index (χ1n) is 8.13. The van der Waals surface area contributed by atoms with Crippen molar-refractivity contribution in [2.24, 2.45) is 5.73 Å². The molecule has 0 aliphatic carbocycles. The first kappa shape index (κ1) is 22.1. The molecule has 0 rings (SSSR count). The molecule has 7 heteroatoms. The first-order chi connectivity index (χ1) is 10.5. The van der Waals surface area contributed by atoms with Crippen molar-refractivity contribution in [1.29, 1.82) is 0 Å². The Balaban J connectivity index is 3.18. The van der Waals surface area contributed by atoms with Crippen LogP contribution in [-0.4, -0.2) is 29.6 Å². The normalized spacial score (nSPS) is 11.5. The predicted molar refractivity (Wildman–Crippen MR) is 94.9 cm³/mol. The Kier molecular flexibility index (Phi) is 14.7. The van der Waals surface area contributed by atoms with E-state index in [0.29, 0.717) is 6.54 Å². The third-order valence-corrected chi connectivity index (χ3v) is 3.59. The summed E-state index contributed by atoms with van der Waals surface area (Å²) >= 11 is 16.4. The minimum atomic E-state index is -1.55. The van der Waals surface area contributed by atoms with Gasteiger partial charge in [-0.05, 0) is 19.4 Å². The number of carbonyl (C=O) groups is 1. The molecule has 0 unspecified atom stereocenters.